The van der Waals surface area contributed by atoms with Gasteiger partial charge in [0.1, 0.15) is 28.5 Å². The number of ether oxygens (including phenoxy) is 2. The topological polar surface area (TPSA) is 31.6 Å². The maximum absolute atomic E-state index is 6.84. The SMILES string of the molecule is CC(C)(C)c1cccc2c3c(oc12)B1c2cccc(-c4ccc5c(c4)C(C)(C)CCC5(C)C)c2Oc2cccc(c21)O3. The van der Waals surface area contributed by atoms with Crippen molar-refractivity contribution in [3.63, 3.8) is 0 Å². The minimum Gasteiger partial charge on any atom is -0.466 e. The molecule has 1 aliphatic carbocycles. The molecule has 3 nitrogen and oxygen atoms in total. The average Bonchev–Trinajstić information content (AvgIpc) is 3.33. The molecule has 0 amide bonds. The van der Waals surface area contributed by atoms with Crippen molar-refractivity contribution in [1.29, 1.82) is 0 Å². The van der Waals surface area contributed by atoms with Crippen LogP contribution < -0.4 is 26.1 Å². The normalized spacial score (nSPS) is 17.5. The summed E-state index contributed by atoms with van der Waals surface area (Å²) in [7, 11) is 0. The van der Waals surface area contributed by atoms with E-state index >= 15 is 0 Å². The number of para-hydroxylation sites is 2. The maximum Gasteiger partial charge on any atom is 0.305 e. The zero-order valence-corrected chi connectivity index (χ0v) is 25.6. The van der Waals surface area contributed by atoms with Gasteiger partial charge in [0.25, 0.3) is 0 Å². The highest BCUT2D eigenvalue weighted by molar-refractivity contribution is 6.97. The van der Waals surface area contributed by atoms with Gasteiger partial charge in [0, 0.05) is 16.6 Å². The van der Waals surface area contributed by atoms with Gasteiger partial charge in [-0.2, -0.15) is 0 Å². The highest BCUT2D eigenvalue weighted by Gasteiger charge is 2.45. The van der Waals surface area contributed by atoms with E-state index in [0.717, 1.165) is 56.1 Å². The van der Waals surface area contributed by atoms with Gasteiger partial charge in [-0.25, -0.2) is 0 Å². The molecule has 5 aromatic rings. The molecule has 0 saturated carbocycles. The molecule has 1 aromatic heterocycles. The van der Waals surface area contributed by atoms with Crippen LogP contribution in [0.1, 0.15) is 78.0 Å². The average molecular weight is 553 g/mol. The van der Waals surface area contributed by atoms with E-state index in [9.17, 15) is 0 Å². The van der Waals surface area contributed by atoms with Crippen molar-refractivity contribution in [3.8, 4) is 34.1 Å². The summed E-state index contributed by atoms with van der Waals surface area (Å²) >= 11 is 0. The minimum absolute atomic E-state index is 0.0620. The number of furan rings is 1. The molecule has 210 valence electrons. The van der Waals surface area contributed by atoms with Crippen molar-refractivity contribution in [2.24, 2.45) is 0 Å². The lowest BCUT2D eigenvalue weighted by molar-refractivity contribution is 0.332. The number of fused-ring (bicyclic) bond motifs is 7. The summed E-state index contributed by atoms with van der Waals surface area (Å²) in [5, 5.41) is 1.03. The molecule has 0 unspecified atom stereocenters. The predicted molar refractivity (Wildman–Crippen MR) is 173 cm³/mol. The van der Waals surface area contributed by atoms with Gasteiger partial charge in [-0.1, -0.05) is 103 Å². The Bertz CT molecular complexity index is 1930. The number of benzene rings is 4. The summed E-state index contributed by atoms with van der Waals surface area (Å²) in [6.45, 7) is 16.1. The molecule has 0 atom stereocenters. The quantitative estimate of drug-likeness (QED) is 0.192. The summed E-state index contributed by atoms with van der Waals surface area (Å²) in [6.07, 6.45) is 2.39. The predicted octanol–water partition coefficient (Wildman–Crippen LogP) is 8.47. The van der Waals surface area contributed by atoms with E-state index in [1.54, 1.807) is 0 Å². The fourth-order valence-corrected chi connectivity index (χ4v) is 7.51. The van der Waals surface area contributed by atoms with Crippen molar-refractivity contribution in [2.45, 2.75) is 77.6 Å². The molecule has 0 bridgehead atoms. The first-order valence-corrected chi connectivity index (χ1v) is 15.3. The standard InChI is InChI=1S/C38H37BO3/c1-36(2,3)26-13-8-12-24-32(26)42-35-34(24)41-30-16-10-15-29-31(30)39(35)28-14-9-11-23(33(28)40-29)22-17-18-25-27(21-22)38(6,7)20-19-37(25,4)5/h8-18,21H,19-20H2,1-7H3. The molecule has 0 saturated heterocycles. The van der Waals surface area contributed by atoms with Gasteiger partial charge < -0.3 is 13.9 Å². The Morgan fingerprint density at radius 1 is 0.714 bits per heavy atom. The molecular weight excluding hydrogens is 515 g/mol. The fourth-order valence-electron chi connectivity index (χ4n) is 7.51. The zero-order valence-electron chi connectivity index (χ0n) is 25.6. The summed E-state index contributed by atoms with van der Waals surface area (Å²) < 4.78 is 20.2. The van der Waals surface area contributed by atoms with Gasteiger partial charge in [0.05, 0.1) is 5.39 Å². The largest absolute Gasteiger partial charge is 0.466 e. The summed E-state index contributed by atoms with van der Waals surface area (Å²) in [5.74, 6) is 3.40. The van der Waals surface area contributed by atoms with Crippen molar-refractivity contribution in [1.82, 2.24) is 0 Å². The van der Waals surface area contributed by atoms with Crippen LogP contribution in [0.2, 0.25) is 0 Å². The number of rotatable bonds is 1. The Kier molecular flexibility index (Phi) is 5.12. The monoisotopic (exact) mass is 552 g/mol. The Balaban J connectivity index is 1.36. The summed E-state index contributed by atoms with van der Waals surface area (Å²) in [5.41, 5.74) is 10.6. The van der Waals surface area contributed by atoms with Crippen molar-refractivity contribution in [3.05, 3.63) is 89.5 Å². The number of hydrogen-bond acceptors (Lipinski definition) is 3. The molecule has 3 heterocycles. The van der Waals surface area contributed by atoms with Crippen LogP contribution in [-0.2, 0) is 16.2 Å². The molecule has 0 spiro atoms. The second-order valence-corrected chi connectivity index (χ2v) is 14.8. The Labute approximate surface area is 248 Å². The third-order valence-corrected chi connectivity index (χ3v) is 10.0. The first kappa shape index (κ1) is 25.8. The lowest BCUT2D eigenvalue weighted by Crippen LogP contribution is -2.57. The van der Waals surface area contributed by atoms with Crippen LogP contribution in [0.4, 0.5) is 0 Å². The van der Waals surface area contributed by atoms with Crippen molar-refractivity contribution >= 4 is 34.3 Å². The Morgan fingerprint density at radius 2 is 1.38 bits per heavy atom. The molecule has 3 aliphatic rings. The highest BCUT2D eigenvalue weighted by atomic mass is 16.5. The molecule has 0 radical (unpaired) electrons. The second-order valence-electron chi connectivity index (χ2n) is 14.8. The highest BCUT2D eigenvalue weighted by Crippen LogP contribution is 2.48. The van der Waals surface area contributed by atoms with Crippen LogP contribution in [0.25, 0.3) is 22.1 Å². The lowest BCUT2D eigenvalue weighted by atomic mass is 9.37. The third kappa shape index (κ3) is 3.54. The minimum atomic E-state index is -0.114. The van der Waals surface area contributed by atoms with Gasteiger partial charge in [-0.05, 0) is 69.4 Å². The Hall–Kier alpha value is -3.92. The van der Waals surface area contributed by atoms with Crippen molar-refractivity contribution < 1.29 is 13.9 Å². The molecule has 0 fully saturated rings. The van der Waals surface area contributed by atoms with Crippen LogP contribution in [0.5, 0.6) is 23.0 Å². The zero-order chi connectivity index (χ0) is 29.2. The molecule has 8 rings (SSSR count). The van der Waals surface area contributed by atoms with Crippen molar-refractivity contribution in [2.75, 3.05) is 0 Å². The van der Waals surface area contributed by atoms with E-state index in [1.165, 1.54) is 35.1 Å². The van der Waals surface area contributed by atoms with E-state index in [4.69, 9.17) is 13.9 Å². The summed E-state index contributed by atoms with van der Waals surface area (Å²) in [6, 6.07) is 26.2. The van der Waals surface area contributed by atoms with Crippen LogP contribution in [0.3, 0.4) is 0 Å². The van der Waals surface area contributed by atoms with Crippen LogP contribution in [0.15, 0.2) is 77.2 Å². The van der Waals surface area contributed by atoms with E-state index < -0.39 is 0 Å². The van der Waals surface area contributed by atoms with E-state index in [-0.39, 0.29) is 23.0 Å². The van der Waals surface area contributed by atoms with Gasteiger partial charge in [-0.15, -0.1) is 0 Å². The van der Waals surface area contributed by atoms with Crippen LogP contribution >= 0.6 is 0 Å². The molecule has 4 heteroatoms. The third-order valence-electron chi connectivity index (χ3n) is 10.0. The molecular formula is C38H37BO3. The number of hydrogen-bond donors (Lipinski definition) is 0. The van der Waals surface area contributed by atoms with Crippen LogP contribution in [0, 0.1) is 0 Å². The molecule has 0 N–H and O–H groups in total. The van der Waals surface area contributed by atoms with Gasteiger partial charge >= 0.3 is 6.71 Å². The molecule has 4 aromatic carbocycles. The summed E-state index contributed by atoms with van der Waals surface area (Å²) in [4.78, 5) is 0. The fraction of sp³-hybridized carbons (Fsp3) is 0.316. The van der Waals surface area contributed by atoms with Gasteiger partial charge in [0.2, 0.25) is 0 Å². The van der Waals surface area contributed by atoms with Crippen LogP contribution in [-0.4, -0.2) is 6.71 Å². The van der Waals surface area contributed by atoms with E-state index in [1.807, 2.05) is 12.1 Å². The molecule has 2 aliphatic heterocycles. The first-order valence-electron chi connectivity index (χ1n) is 15.3. The second kappa shape index (κ2) is 8.34. The van der Waals surface area contributed by atoms with Gasteiger partial charge in [0.15, 0.2) is 5.75 Å². The first-order chi connectivity index (χ1) is 19.9. The van der Waals surface area contributed by atoms with E-state index in [2.05, 4.69) is 109 Å². The Morgan fingerprint density at radius 3 is 2.12 bits per heavy atom. The smallest absolute Gasteiger partial charge is 0.305 e. The molecule has 42 heavy (non-hydrogen) atoms. The van der Waals surface area contributed by atoms with E-state index in [0.29, 0.717) is 0 Å². The maximum atomic E-state index is 6.84. The van der Waals surface area contributed by atoms with Gasteiger partial charge in [-0.3, -0.25) is 0 Å². The lowest BCUT2D eigenvalue weighted by Gasteiger charge is -2.42.